The normalized spacial score (nSPS) is 11.3. The van der Waals surface area contributed by atoms with Crippen molar-refractivity contribution in [2.45, 2.75) is 19.6 Å². The summed E-state index contributed by atoms with van der Waals surface area (Å²) in [6.07, 6.45) is 0. The van der Waals surface area contributed by atoms with Gasteiger partial charge in [-0.25, -0.2) is 4.98 Å². The van der Waals surface area contributed by atoms with Crippen molar-refractivity contribution >= 4 is 22.6 Å². The van der Waals surface area contributed by atoms with E-state index in [1.54, 1.807) is 4.80 Å². The molecule has 0 radical (unpaired) electrons. The van der Waals surface area contributed by atoms with E-state index in [1.165, 1.54) is 0 Å². The smallest absolute Gasteiger partial charge is 0.121 e. The molecule has 0 fully saturated rings. The zero-order valence-electron chi connectivity index (χ0n) is 16.8. The molecule has 0 bridgehead atoms. The largest absolute Gasteiger partial charge is 0.341 e. The molecule has 2 aromatic heterocycles. The van der Waals surface area contributed by atoms with Gasteiger partial charge in [0.15, 0.2) is 0 Å². The zero-order valence-corrected chi connectivity index (χ0v) is 17.5. The molecule has 2 N–H and O–H groups in total. The molecule has 7 heteroatoms. The van der Waals surface area contributed by atoms with E-state index in [4.69, 9.17) is 21.8 Å². The summed E-state index contributed by atoms with van der Waals surface area (Å²) in [5, 5.41) is 13.7. The molecule has 0 aliphatic heterocycles. The van der Waals surface area contributed by atoms with Gasteiger partial charge in [-0.3, -0.25) is 0 Å². The van der Waals surface area contributed by atoms with Crippen LogP contribution in [0.5, 0.6) is 0 Å². The van der Waals surface area contributed by atoms with E-state index >= 15 is 0 Å². The molecule has 5 rings (SSSR count). The van der Waals surface area contributed by atoms with Crippen LogP contribution in [0.1, 0.15) is 17.1 Å². The lowest BCUT2D eigenvalue weighted by atomic mass is 10.1. The maximum atomic E-state index is 6.00. The lowest BCUT2D eigenvalue weighted by Gasteiger charge is -2.02. The fourth-order valence-corrected chi connectivity index (χ4v) is 3.66. The van der Waals surface area contributed by atoms with Crippen molar-refractivity contribution < 1.29 is 0 Å². The third-order valence-corrected chi connectivity index (χ3v) is 5.28. The monoisotopic (exact) mass is 428 g/mol. The second kappa shape index (κ2) is 8.71. The maximum absolute atomic E-state index is 6.00. The average Bonchev–Trinajstić information content (AvgIpc) is 3.39. The highest BCUT2D eigenvalue weighted by Gasteiger charge is 2.13. The van der Waals surface area contributed by atoms with E-state index in [0.717, 1.165) is 44.4 Å². The van der Waals surface area contributed by atoms with E-state index in [2.05, 4.69) is 27.4 Å². The van der Waals surface area contributed by atoms with Crippen molar-refractivity contribution in [3.05, 3.63) is 101 Å². The van der Waals surface area contributed by atoms with Crippen LogP contribution in [0, 0.1) is 0 Å². The van der Waals surface area contributed by atoms with Gasteiger partial charge < -0.3 is 10.3 Å². The minimum absolute atomic E-state index is 0.584. The average molecular weight is 429 g/mol. The summed E-state index contributed by atoms with van der Waals surface area (Å²) in [5.41, 5.74) is 5.94. The van der Waals surface area contributed by atoms with E-state index in [0.29, 0.717) is 19.6 Å². The first kappa shape index (κ1) is 19.5. The van der Waals surface area contributed by atoms with Gasteiger partial charge in [0, 0.05) is 17.1 Å². The molecule has 0 saturated carbocycles. The van der Waals surface area contributed by atoms with Crippen LogP contribution in [0.4, 0.5) is 0 Å². The van der Waals surface area contributed by atoms with E-state index in [9.17, 15) is 0 Å². The van der Waals surface area contributed by atoms with Crippen LogP contribution in [0.3, 0.4) is 0 Å². The van der Waals surface area contributed by atoms with Crippen LogP contribution >= 0.6 is 11.6 Å². The molecule has 0 saturated heterocycles. The number of halogens is 1. The van der Waals surface area contributed by atoms with Crippen LogP contribution < -0.4 is 5.32 Å². The van der Waals surface area contributed by atoms with Crippen molar-refractivity contribution in [3.63, 3.8) is 0 Å². The van der Waals surface area contributed by atoms with Crippen LogP contribution in [0.2, 0.25) is 5.02 Å². The molecule has 2 heterocycles. The molecule has 0 amide bonds. The van der Waals surface area contributed by atoms with Crippen molar-refractivity contribution in [2.24, 2.45) is 0 Å². The number of hydrogen-bond donors (Lipinski definition) is 2. The molecule has 31 heavy (non-hydrogen) atoms. The fraction of sp³-hybridized carbons (Fsp3) is 0.125. The first-order valence-corrected chi connectivity index (χ1v) is 10.5. The minimum Gasteiger partial charge on any atom is -0.341 e. The molecular formula is C24H21ClN6. The molecule has 5 aromatic rings. The Kier molecular flexibility index (Phi) is 5.48. The molecule has 0 aliphatic carbocycles. The number of hydrogen-bond acceptors (Lipinski definition) is 4. The van der Waals surface area contributed by atoms with Crippen LogP contribution in [-0.2, 0) is 19.6 Å². The van der Waals surface area contributed by atoms with Crippen molar-refractivity contribution in [3.8, 4) is 11.3 Å². The number of aromatic amines is 1. The lowest BCUT2D eigenvalue weighted by molar-refractivity contribution is 0.575. The van der Waals surface area contributed by atoms with Gasteiger partial charge in [0.25, 0.3) is 0 Å². The zero-order chi connectivity index (χ0) is 21.0. The second-order valence-corrected chi connectivity index (χ2v) is 7.76. The Hall–Kier alpha value is -3.48. The second-order valence-electron chi connectivity index (χ2n) is 7.32. The van der Waals surface area contributed by atoms with Gasteiger partial charge in [0.1, 0.15) is 17.2 Å². The summed E-state index contributed by atoms with van der Waals surface area (Å²) < 4.78 is 0. The van der Waals surface area contributed by atoms with Gasteiger partial charge in [-0.05, 0) is 29.8 Å². The molecule has 6 nitrogen and oxygen atoms in total. The number of fused-ring (bicyclic) bond motifs is 1. The van der Waals surface area contributed by atoms with Crippen molar-refractivity contribution in [1.82, 2.24) is 30.3 Å². The van der Waals surface area contributed by atoms with Crippen LogP contribution in [0.15, 0.2) is 78.9 Å². The third kappa shape index (κ3) is 4.50. The van der Waals surface area contributed by atoms with Gasteiger partial charge in [0.2, 0.25) is 0 Å². The van der Waals surface area contributed by atoms with Gasteiger partial charge >= 0.3 is 0 Å². The number of benzene rings is 3. The molecule has 0 atom stereocenters. The van der Waals surface area contributed by atoms with E-state index in [1.807, 2.05) is 66.7 Å². The minimum atomic E-state index is 0.584. The van der Waals surface area contributed by atoms with E-state index in [-0.39, 0.29) is 0 Å². The molecule has 0 unspecified atom stereocenters. The highest BCUT2D eigenvalue weighted by Crippen LogP contribution is 2.21. The molecule has 0 spiro atoms. The predicted molar refractivity (Wildman–Crippen MR) is 123 cm³/mol. The van der Waals surface area contributed by atoms with Crippen molar-refractivity contribution in [2.75, 3.05) is 0 Å². The van der Waals surface area contributed by atoms with Gasteiger partial charge in [-0.15, -0.1) is 0 Å². The van der Waals surface area contributed by atoms with Crippen molar-refractivity contribution in [1.29, 1.82) is 0 Å². The SMILES string of the molecule is Clc1ccc(Cn2nc(CNCc3nc4ccccc4[nH]3)c(-c3ccccc3)n2)cc1. The number of rotatable bonds is 7. The lowest BCUT2D eigenvalue weighted by Crippen LogP contribution is -2.15. The first-order chi connectivity index (χ1) is 15.2. The Bertz CT molecular complexity index is 1260. The number of aromatic nitrogens is 5. The highest BCUT2D eigenvalue weighted by atomic mass is 35.5. The Labute approximate surface area is 184 Å². The first-order valence-electron chi connectivity index (χ1n) is 10.1. The van der Waals surface area contributed by atoms with Gasteiger partial charge in [-0.2, -0.15) is 15.0 Å². The van der Waals surface area contributed by atoms with Crippen LogP contribution in [0.25, 0.3) is 22.3 Å². The Balaban J connectivity index is 1.35. The quantitative estimate of drug-likeness (QED) is 0.390. The summed E-state index contributed by atoms with van der Waals surface area (Å²) in [5.74, 6) is 0.899. The highest BCUT2D eigenvalue weighted by molar-refractivity contribution is 6.30. The van der Waals surface area contributed by atoms with Gasteiger partial charge in [0.05, 0.1) is 24.1 Å². The van der Waals surface area contributed by atoms with E-state index < -0.39 is 0 Å². The number of imidazole rings is 1. The Morgan fingerprint density at radius 1 is 0.839 bits per heavy atom. The van der Waals surface area contributed by atoms with Gasteiger partial charge in [-0.1, -0.05) is 66.2 Å². The predicted octanol–water partition coefficient (Wildman–Crippen LogP) is 4.81. The summed E-state index contributed by atoms with van der Waals surface area (Å²) in [6, 6.07) is 25.9. The fourth-order valence-electron chi connectivity index (χ4n) is 3.53. The molecule has 154 valence electrons. The molecule has 0 aliphatic rings. The summed E-state index contributed by atoms with van der Waals surface area (Å²) in [7, 11) is 0. The third-order valence-electron chi connectivity index (χ3n) is 5.03. The topological polar surface area (TPSA) is 71.4 Å². The number of para-hydroxylation sites is 2. The standard InChI is InChI=1S/C24H21ClN6/c25-19-12-10-17(11-13-19)16-31-29-22(24(30-31)18-6-2-1-3-7-18)14-26-15-23-27-20-8-4-5-9-21(20)28-23/h1-13,26H,14-16H2,(H,27,28). The molecular weight excluding hydrogens is 408 g/mol. The summed E-state index contributed by atoms with van der Waals surface area (Å²) in [6.45, 7) is 1.79. The molecule has 3 aromatic carbocycles. The number of nitrogens with one attached hydrogen (secondary N) is 2. The maximum Gasteiger partial charge on any atom is 0.121 e. The number of H-pyrrole nitrogens is 1. The van der Waals surface area contributed by atoms with Crippen LogP contribution in [-0.4, -0.2) is 25.0 Å². The Morgan fingerprint density at radius 3 is 2.42 bits per heavy atom. The number of nitrogens with zero attached hydrogens (tertiary/aromatic N) is 4. The summed E-state index contributed by atoms with van der Waals surface area (Å²) >= 11 is 6.00. The Morgan fingerprint density at radius 2 is 1.61 bits per heavy atom. The summed E-state index contributed by atoms with van der Waals surface area (Å²) in [4.78, 5) is 9.71.